The molecule has 5 heteroatoms. The second-order valence-electron chi connectivity index (χ2n) is 5.71. The SMILES string of the molecule is CCCC(CC)N1c2nc(C)ncc2N(C)C(=O)C1CC. The molecule has 0 radical (unpaired) electrons. The molecule has 116 valence electrons. The van der Waals surface area contributed by atoms with Gasteiger partial charge in [-0.2, -0.15) is 0 Å². The summed E-state index contributed by atoms with van der Waals surface area (Å²) >= 11 is 0. The lowest BCUT2D eigenvalue weighted by Crippen LogP contribution is -2.56. The topological polar surface area (TPSA) is 49.3 Å². The third-order valence-corrected chi connectivity index (χ3v) is 4.30. The van der Waals surface area contributed by atoms with Crippen LogP contribution in [0.5, 0.6) is 0 Å². The summed E-state index contributed by atoms with van der Waals surface area (Å²) in [7, 11) is 1.82. The fourth-order valence-corrected chi connectivity index (χ4v) is 3.16. The fourth-order valence-electron chi connectivity index (χ4n) is 3.16. The Morgan fingerprint density at radius 3 is 2.62 bits per heavy atom. The molecule has 0 bridgehead atoms. The Hall–Kier alpha value is -1.65. The lowest BCUT2D eigenvalue weighted by Gasteiger charge is -2.44. The van der Waals surface area contributed by atoms with Crippen molar-refractivity contribution in [2.75, 3.05) is 16.8 Å². The fraction of sp³-hybridized carbons (Fsp3) is 0.688. The molecule has 0 saturated heterocycles. The van der Waals surface area contributed by atoms with Gasteiger partial charge in [0.15, 0.2) is 5.82 Å². The van der Waals surface area contributed by atoms with Crippen molar-refractivity contribution in [3.8, 4) is 0 Å². The van der Waals surface area contributed by atoms with E-state index < -0.39 is 0 Å². The van der Waals surface area contributed by atoms with Crippen LogP contribution in [-0.2, 0) is 4.79 Å². The third kappa shape index (κ3) is 2.74. The number of carbonyl (C=O) groups is 1. The minimum Gasteiger partial charge on any atom is -0.340 e. The molecule has 2 unspecified atom stereocenters. The van der Waals surface area contributed by atoms with E-state index in [2.05, 4.69) is 35.6 Å². The summed E-state index contributed by atoms with van der Waals surface area (Å²) in [4.78, 5) is 25.5. The second kappa shape index (κ2) is 6.41. The average molecular weight is 290 g/mol. The van der Waals surface area contributed by atoms with Crippen LogP contribution in [0.4, 0.5) is 11.5 Å². The average Bonchev–Trinajstić information content (AvgIpc) is 2.48. The van der Waals surface area contributed by atoms with Gasteiger partial charge in [-0.1, -0.05) is 27.2 Å². The predicted octanol–water partition coefficient (Wildman–Crippen LogP) is 2.93. The normalized spacial score (nSPS) is 19.7. The molecular formula is C16H26N4O. The van der Waals surface area contributed by atoms with Gasteiger partial charge in [0.05, 0.1) is 6.20 Å². The van der Waals surface area contributed by atoms with Crippen molar-refractivity contribution in [2.45, 2.75) is 65.5 Å². The number of fused-ring (bicyclic) bond motifs is 1. The van der Waals surface area contributed by atoms with Gasteiger partial charge in [-0.15, -0.1) is 0 Å². The van der Waals surface area contributed by atoms with E-state index in [-0.39, 0.29) is 11.9 Å². The molecular weight excluding hydrogens is 264 g/mol. The summed E-state index contributed by atoms with van der Waals surface area (Å²) < 4.78 is 0. The zero-order chi connectivity index (χ0) is 15.6. The van der Waals surface area contributed by atoms with Crippen LogP contribution in [0.1, 0.15) is 52.3 Å². The molecule has 1 aromatic heterocycles. The first-order valence-electron chi connectivity index (χ1n) is 7.94. The molecule has 1 aliphatic rings. The molecule has 0 spiro atoms. The van der Waals surface area contributed by atoms with Gasteiger partial charge in [-0.3, -0.25) is 4.79 Å². The zero-order valence-electron chi connectivity index (χ0n) is 13.8. The van der Waals surface area contributed by atoms with Gasteiger partial charge in [-0.25, -0.2) is 9.97 Å². The number of aryl methyl sites for hydroxylation is 1. The Labute approximate surface area is 127 Å². The molecule has 1 aliphatic heterocycles. The van der Waals surface area contributed by atoms with Crippen LogP contribution in [0.2, 0.25) is 0 Å². The Bertz CT molecular complexity index is 517. The summed E-state index contributed by atoms with van der Waals surface area (Å²) in [6.07, 6.45) is 5.77. The van der Waals surface area contributed by atoms with Gasteiger partial charge in [0.1, 0.15) is 17.6 Å². The van der Waals surface area contributed by atoms with Crippen LogP contribution < -0.4 is 9.80 Å². The van der Waals surface area contributed by atoms with Crippen LogP contribution >= 0.6 is 0 Å². The number of nitrogens with zero attached hydrogens (tertiary/aromatic N) is 4. The maximum atomic E-state index is 12.7. The third-order valence-electron chi connectivity index (χ3n) is 4.30. The summed E-state index contributed by atoms with van der Waals surface area (Å²) in [5.41, 5.74) is 0.824. The van der Waals surface area contributed by atoms with Crippen molar-refractivity contribution in [3.63, 3.8) is 0 Å². The van der Waals surface area contributed by atoms with E-state index in [9.17, 15) is 4.79 Å². The van der Waals surface area contributed by atoms with E-state index in [0.29, 0.717) is 6.04 Å². The van der Waals surface area contributed by atoms with Crippen molar-refractivity contribution in [1.29, 1.82) is 0 Å². The molecule has 21 heavy (non-hydrogen) atoms. The highest BCUT2D eigenvalue weighted by Gasteiger charge is 2.39. The van der Waals surface area contributed by atoms with Gasteiger partial charge in [0.25, 0.3) is 0 Å². The van der Waals surface area contributed by atoms with E-state index in [4.69, 9.17) is 0 Å². The van der Waals surface area contributed by atoms with Crippen molar-refractivity contribution < 1.29 is 4.79 Å². The Kier molecular flexibility index (Phi) is 4.80. The van der Waals surface area contributed by atoms with Crippen LogP contribution in [0, 0.1) is 6.92 Å². The molecule has 1 amide bonds. The van der Waals surface area contributed by atoms with Gasteiger partial charge < -0.3 is 9.80 Å². The largest absolute Gasteiger partial charge is 0.340 e. The molecule has 2 atom stereocenters. The molecule has 1 aromatic rings. The van der Waals surface area contributed by atoms with Crippen molar-refractivity contribution in [2.24, 2.45) is 0 Å². The highest BCUT2D eigenvalue weighted by Crippen LogP contribution is 2.36. The van der Waals surface area contributed by atoms with Crippen LogP contribution in [0.15, 0.2) is 6.20 Å². The minimum absolute atomic E-state index is 0.117. The maximum Gasteiger partial charge on any atom is 0.249 e. The maximum absolute atomic E-state index is 12.7. The van der Waals surface area contributed by atoms with E-state index in [1.54, 1.807) is 11.1 Å². The number of aromatic nitrogens is 2. The predicted molar refractivity (Wildman–Crippen MR) is 85.7 cm³/mol. The van der Waals surface area contributed by atoms with Gasteiger partial charge in [-0.05, 0) is 26.2 Å². The molecule has 0 aliphatic carbocycles. The lowest BCUT2D eigenvalue weighted by atomic mass is 10.00. The van der Waals surface area contributed by atoms with E-state index in [1.807, 2.05) is 14.0 Å². The van der Waals surface area contributed by atoms with Gasteiger partial charge in [0, 0.05) is 13.1 Å². The summed E-state index contributed by atoms with van der Waals surface area (Å²) in [6.45, 7) is 8.34. The monoisotopic (exact) mass is 290 g/mol. The zero-order valence-corrected chi connectivity index (χ0v) is 13.8. The van der Waals surface area contributed by atoms with Crippen LogP contribution in [-0.4, -0.2) is 35.0 Å². The van der Waals surface area contributed by atoms with E-state index >= 15 is 0 Å². The Morgan fingerprint density at radius 2 is 2.05 bits per heavy atom. The second-order valence-corrected chi connectivity index (χ2v) is 5.71. The first-order valence-corrected chi connectivity index (χ1v) is 7.94. The Balaban J connectivity index is 2.55. The molecule has 2 heterocycles. The lowest BCUT2D eigenvalue weighted by molar-refractivity contribution is -0.120. The van der Waals surface area contributed by atoms with Crippen LogP contribution in [0.25, 0.3) is 0 Å². The van der Waals surface area contributed by atoms with Gasteiger partial charge in [0.2, 0.25) is 5.91 Å². The summed E-state index contributed by atoms with van der Waals surface area (Å²) in [6, 6.07) is 0.235. The Morgan fingerprint density at radius 1 is 1.33 bits per heavy atom. The number of amides is 1. The van der Waals surface area contributed by atoms with Gasteiger partial charge >= 0.3 is 0 Å². The molecule has 5 nitrogen and oxygen atoms in total. The number of rotatable bonds is 5. The molecule has 0 aromatic carbocycles. The van der Waals surface area contributed by atoms with Crippen LogP contribution in [0.3, 0.4) is 0 Å². The standard InChI is InChI=1S/C16H26N4O/c1-6-9-12(7-2)20-13(8-3)16(21)19(5)14-10-17-11(4)18-15(14)20/h10,12-13H,6-9H2,1-5H3. The van der Waals surface area contributed by atoms with E-state index in [0.717, 1.165) is 43.0 Å². The molecule has 0 fully saturated rings. The van der Waals surface area contributed by atoms with Crippen molar-refractivity contribution >= 4 is 17.4 Å². The summed E-state index contributed by atoms with van der Waals surface area (Å²) in [5.74, 6) is 1.81. The van der Waals surface area contributed by atoms with Crippen molar-refractivity contribution in [3.05, 3.63) is 12.0 Å². The smallest absolute Gasteiger partial charge is 0.249 e. The van der Waals surface area contributed by atoms with E-state index in [1.165, 1.54) is 0 Å². The number of hydrogen-bond acceptors (Lipinski definition) is 4. The first kappa shape index (κ1) is 15.7. The molecule has 2 rings (SSSR count). The number of likely N-dealkylation sites (N-methyl/N-ethyl adjacent to an activating group) is 1. The highest BCUT2D eigenvalue weighted by atomic mass is 16.2. The highest BCUT2D eigenvalue weighted by molar-refractivity contribution is 6.04. The number of carbonyl (C=O) groups excluding carboxylic acids is 1. The number of anilines is 2. The minimum atomic E-state index is -0.117. The van der Waals surface area contributed by atoms with Crippen molar-refractivity contribution in [1.82, 2.24) is 9.97 Å². The molecule has 0 saturated carbocycles. The first-order chi connectivity index (χ1) is 10.0. The summed E-state index contributed by atoms with van der Waals surface area (Å²) in [5, 5.41) is 0. The quantitative estimate of drug-likeness (QED) is 0.836. The number of hydrogen-bond donors (Lipinski definition) is 0. The molecule has 0 N–H and O–H groups in total.